The maximum absolute atomic E-state index is 13.2. The van der Waals surface area contributed by atoms with Crippen LogP contribution in [0.5, 0.6) is 5.75 Å². The number of hydrogen-bond donors (Lipinski definition) is 0. The van der Waals surface area contributed by atoms with Gasteiger partial charge in [-0.3, -0.25) is 0 Å². The van der Waals surface area contributed by atoms with E-state index in [1.807, 2.05) is 0 Å². The van der Waals surface area contributed by atoms with Crippen LogP contribution in [-0.2, 0) is 9.84 Å². The van der Waals surface area contributed by atoms with Crippen LogP contribution in [0.25, 0.3) is 11.0 Å². The maximum Gasteiger partial charge on any atom is 0.344 e. The molecular formula is C21H19Cl2N3O4S. The molecule has 0 amide bonds. The van der Waals surface area contributed by atoms with Gasteiger partial charge in [0.1, 0.15) is 5.02 Å². The first-order chi connectivity index (χ1) is 14.7. The number of fused-ring (bicyclic) bond motifs is 1. The summed E-state index contributed by atoms with van der Waals surface area (Å²) in [6.07, 6.45) is 2.47. The summed E-state index contributed by atoms with van der Waals surface area (Å²) in [6, 6.07) is 6.30. The number of rotatable bonds is 4. The van der Waals surface area contributed by atoms with E-state index in [-0.39, 0.29) is 39.3 Å². The SMILES string of the molecule is Cc1nn(C2CCS(=O)(=O)C2)c2nc(C3CC3)cc(C(=O)Oc3cccc(Cl)c3Cl)c12. The Morgan fingerprint density at radius 3 is 2.68 bits per heavy atom. The van der Waals surface area contributed by atoms with E-state index in [9.17, 15) is 13.2 Å². The molecule has 2 aliphatic rings. The number of hydrogen-bond acceptors (Lipinski definition) is 6. The summed E-state index contributed by atoms with van der Waals surface area (Å²) in [5.74, 6) is 0.0183. The Kier molecular flexibility index (Phi) is 4.99. The first kappa shape index (κ1) is 20.7. The third-order valence-corrected chi connectivity index (χ3v) is 8.30. The summed E-state index contributed by atoms with van der Waals surface area (Å²) in [5.41, 5.74) is 2.25. The van der Waals surface area contributed by atoms with Crippen molar-refractivity contribution in [2.24, 2.45) is 0 Å². The highest BCUT2D eigenvalue weighted by molar-refractivity contribution is 7.91. The lowest BCUT2D eigenvalue weighted by Gasteiger charge is -2.12. The summed E-state index contributed by atoms with van der Waals surface area (Å²) in [5, 5.41) is 5.59. The number of halogens is 2. The molecule has 2 aromatic heterocycles. The van der Waals surface area contributed by atoms with Crippen molar-refractivity contribution in [1.82, 2.24) is 14.8 Å². The fraction of sp³-hybridized carbons (Fsp3) is 0.381. The molecule has 3 heterocycles. The first-order valence-electron chi connectivity index (χ1n) is 10.00. The number of esters is 1. The topological polar surface area (TPSA) is 91.1 Å². The number of carbonyl (C=O) groups excluding carboxylic acids is 1. The molecule has 0 N–H and O–H groups in total. The van der Waals surface area contributed by atoms with Crippen LogP contribution in [0.1, 0.15) is 53.0 Å². The summed E-state index contributed by atoms with van der Waals surface area (Å²) in [4.78, 5) is 18.0. The van der Waals surface area contributed by atoms with Crippen LogP contribution in [0.4, 0.5) is 0 Å². The van der Waals surface area contributed by atoms with Crippen molar-refractivity contribution in [1.29, 1.82) is 0 Å². The number of pyridine rings is 1. The number of aryl methyl sites for hydroxylation is 1. The van der Waals surface area contributed by atoms with E-state index >= 15 is 0 Å². The number of nitrogens with zero attached hydrogens (tertiary/aromatic N) is 3. The Bertz CT molecular complexity index is 1330. The van der Waals surface area contributed by atoms with Crippen molar-refractivity contribution in [2.45, 2.75) is 38.1 Å². The molecule has 0 bridgehead atoms. The van der Waals surface area contributed by atoms with Crippen LogP contribution in [0.2, 0.25) is 10.0 Å². The third-order valence-electron chi connectivity index (χ3n) is 5.75. The van der Waals surface area contributed by atoms with Crippen molar-refractivity contribution < 1.29 is 17.9 Å². The zero-order valence-corrected chi connectivity index (χ0v) is 19.0. The van der Waals surface area contributed by atoms with E-state index in [1.54, 1.807) is 35.9 Å². The molecule has 0 spiro atoms. The van der Waals surface area contributed by atoms with Gasteiger partial charge in [-0.2, -0.15) is 5.10 Å². The summed E-state index contributed by atoms with van der Waals surface area (Å²) < 4.78 is 31.3. The summed E-state index contributed by atoms with van der Waals surface area (Å²) in [7, 11) is -3.10. The van der Waals surface area contributed by atoms with Gasteiger partial charge in [0.2, 0.25) is 0 Å². The molecule has 3 aromatic rings. The van der Waals surface area contributed by atoms with E-state index in [1.165, 1.54) is 0 Å². The lowest BCUT2D eigenvalue weighted by atomic mass is 10.1. The van der Waals surface area contributed by atoms with Crippen molar-refractivity contribution in [2.75, 3.05) is 11.5 Å². The van der Waals surface area contributed by atoms with Crippen LogP contribution in [0.3, 0.4) is 0 Å². The highest BCUT2D eigenvalue weighted by atomic mass is 35.5. The predicted molar refractivity (Wildman–Crippen MR) is 118 cm³/mol. The van der Waals surface area contributed by atoms with Crippen LogP contribution < -0.4 is 4.74 Å². The quantitative estimate of drug-likeness (QED) is 0.403. The highest BCUT2D eigenvalue weighted by Gasteiger charge is 2.34. The Morgan fingerprint density at radius 2 is 2.00 bits per heavy atom. The smallest absolute Gasteiger partial charge is 0.344 e. The molecule has 31 heavy (non-hydrogen) atoms. The Morgan fingerprint density at radius 1 is 1.23 bits per heavy atom. The van der Waals surface area contributed by atoms with Crippen LogP contribution >= 0.6 is 23.2 Å². The Balaban J connectivity index is 1.62. The largest absolute Gasteiger partial charge is 0.421 e. The number of carbonyl (C=O) groups is 1. The molecule has 1 saturated heterocycles. The van der Waals surface area contributed by atoms with Gasteiger partial charge in [0.15, 0.2) is 21.2 Å². The molecule has 162 valence electrons. The second-order valence-corrected chi connectivity index (χ2v) is 11.1. The first-order valence-corrected chi connectivity index (χ1v) is 12.6. The minimum absolute atomic E-state index is 0.0243. The second kappa shape index (κ2) is 7.46. The second-order valence-electron chi connectivity index (χ2n) is 8.10. The van der Waals surface area contributed by atoms with Gasteiger partial charge in [0.05, 0.1) is 39.2 Å². The number of sulfone groups is 1. The van der Waals surface area contributed by atoms with E-state index in [4.69, 9.17) is 32.9 Å². The predicted octanol–water partition coefficient (Wildman–Crippen LogP) is 4.50. The fourth-order valence-corrected chi connectivity index (χ4v) is 6.04. The van der Waals surface area contributed by atoms with Crippen LogP contribution in [0.15, 0.2) is 24.3 Å². The molecular weight excluding hydrogens is 461 g/mol. The standard InChI is InChI=1S/C21H19Cl2N3O4S/c1-11-18-14(21(27)30-17-4-2-3-15(22)19(17)23)9-16(12-5-6-12)24-20(18)26(25-11)13-7-8-31(28,29)10-13/h2-4,9,12-13H,5-8,10H2,1H3. The van der Waals surface area contributed by atoms with E-state index in [0.29, 0.717) is 28.7 Å². The van der Waals surface area contributed by atoms with E-state index < -0.39 is 15.8 Å². The minimum atomic E-state index is -3.10. The van der Waals surface area contributed by atoms with E-state index in [2.05, 4.69) is 5.10 Å². The van der Waals surface area contributed by atoms with Gasteiger partial charge < -0.3 is 4.74 Å². The average molecular weight is 480 g/mol. The molecule has 7 nitrogen and oxygen atoms in total. The average Bonchev–Trinajstić information content (AvgIpc) is 3.44. The molecule has 0 radical (unpaired) electrons. The normalized spacial score (nSPS) is 20.3. The Hall–Kier alpha value is -2.16. The molecule has 5 rings (SSSR count). The van der Waals surface area contributed by atoms with Gasteiger partial charge in [0.25, 0.3) is 0 Å². The zero-order valence-electron chi connectivity index (χ0n) is 16.6. The lowest BCUT2D eigenvalue weighted by Crippen LogP contribution is -2.14. The van der Waals surface area contributed by atoms with Gasteiger partial charge in [-0.15, -0.1) is 0 Å². The van der Waals surface area contributed by atoms with Crippen molar-refractivity contribution in [3.63, 3.8) is 0 Å². The van der Waals surface area contributed by atoms with Crippen molar-refractivity contribution in [3.05, 3.63) is 51.3 Å². The number of benzene rings is 1. The zero-order chi connectivity index (χ0) is 21.9. The van der Waals surface area contributed by atoms with Crippen molar-refractivity contribution in [3.8, 4) is 5.75 Å². The summed E-state index contributed by atoms with van der Waals surface area (Å²) >= 11 is 12.2. The lowest BCUT2D eigenvalue weighted by molar-refractivity contribution is 0.0736. The molecule has 1 aromatic carbocycles. The number of aromatic nitrogens is 3. The molecule has 10 heteroatoms. The number of ether oxygens (including phenoxy) is 1. The van der Waals surface area contributed by atoms with Gasteiger partial charge in [0, 0.05) is 11.6 Å². The summed E-state index contributed by atoms with van der Waals surface area (Å²) in [6.45, 7) is 1.78. The van der Waals surface area contributed by atoms with Gasteiger partial charge in [-0.05, 0) is 44.4 Å². The molecule has 1 aliphatic heterocycles. The highest BCUT2D eigenvalue weighted by Crippen LogP contribution is 2.41. The van der Waals surface area contributed by atoms with Crippen molar-refractivity contribution >= 4 is 50.0 Å². The van der Waals surface area contributed by atoms with Gasteiger partial charge in [-0.25, -0.2) is 22.9 Å². The maximum atomic E-state index is 13.2. The molecule has 1 aliphatic carbocycles. The van der Waals surface area contributed by atoms with E-state index in [0.717, 1.165) is 18.5 Å². The third kappa shape index (κ3) is 3.81. The molecule has 1 saturated carbocycles. The van der Waals surface area contributed by atoms with Gasteiger partial charge in [-0.1, -0.05) is 29.3 Å². The van der Waals surface area contributed by atoms with Crippen LogP contribution in [-0.4, -0.2) is 40.7 Å². The minimum Gasteiger partial charge on any atom is -0.421 e. The molecule has 2 fully saturated rings. The fourth-order valence-electron chi connectivity index (χ4n) is 4.02. The molecule has 1 unspecified atom stereocenters. The molecule has 1 atom stereocenters. The monoisotopic (exact) mass is 479 g/mol. The Labute approximate surface area is 189 Å². The van der Waals surface area contributed by atoms with Gasteiger partial charge >= 0.3 is 5.97 Å². The van der Waals surface area contributed by atoms with Crippen LogP contribution in [0, 0.1) is 6.92 Å².